The molecule has 0 aliphatic carbocycles. The molecule has 15 nitrogen and oxygen atoms in total. The normalized spacial score (nSPS) is 15.1. The lowest BCUT2D eigenvalue weighted by Crippen LogP contribution is -2.44. The van der Waals surface area contributed by atoms with E-state index >= 15 is 0 Å². The number of ketones is 1. The van der Waals surface area contributed by atoms with Crippen molar-refractivity contribution < 1.29 is 52.8 Å². The summed E-state index contributed by atoms with van der Waals surface area (Å²) >= 11 is 0. The van der Waals surface area contributed by atoms with Gasteiger partial charge in [0, 0.05) is 85.2 Å². The molecule has 2 aliphatic heterocycles. The molecule has 2 aliphatic rings. The molecular weight excluding hydrogens is 700 g/mol. The molecule has 0 saturated carbocycles. The Hall–Kier alpha value is -6.12. The third-order valence-corrected chi connectivity index (χ3v) is 9.40. The van der Waals surface area contributed by atoms with Gasteiger partial charge < -0.3 is 38.4 Å². The zero-order valence-electron chi connectivity index (χ0n) is 31.0. The fourth-order valence-electron chi connectivity index (χ4n) is 6.70. The Morgan fingerprint density at radius 3 is 2.06 bits per heavy atom. The molecule has 2 amide bonds. The number of anilines is 1. The highest BCUT2D eigenvalue weighted by Gasteiger charge is 2.30. The van der Waals surface area contributed by atoms with Crippen molar-refractivity contribution in [1.29, 1.82) is 0 Å². The van der Waals surface area contributed by atoms with Gasteiger partial charge in [0.05, 0.1) is 26.3 Å². The summed E-state index contributed by atoms with van der Waals surface area (Å²) < 4.78 is 23.4. The lowest BCUT2D eigenvalue weighted by atomic mass is 10.1. The van der Waals surface area contributed by atoms with Crippen LogP contribution in [0.3, 0.4) is 0 Å². The van der Waals surface area contributed by atoms with E-state index in [4.69, 9.17) is 18.9 Å². The van der Waals surface area contributed by atoms with Crippen LogP contribution in [0.1, 0.15) is 49.2 Å². The third-order valence-electron chi connectivity index (χ3n) is 9.40. The molecule has 1 fully saturated rings. The highest BCUT2D eigenvalue weighted by Crippen LogP contribution is 2.38. The van der Waals surface area contributed by atoms with Gasteiger partial charge in [-0.3, -0.25) is 19.3 Å². The van der Waals surface area contributed by atoms with Gasteiger partial charge in [-0.05, 0) is 70.4 Å². The number of rotatable bonds is 16. The molecule has 1 saturated heterocycles. The summed E-state index contributed by atoms with van der Waals surface area (Å²) in [6.45, 7) is 7.11. The summed E-state index contributed by atoms with van der Waals surface area (Å²) in [5.74, 6) is -3.30. The maximum absolute atomic E-state index is 13.2. The van der Waals surface area contributed by atoms with Crippen molar-refractivity contribution in [2.75, 3.05) is 58.5 Å². The second-order valence-corrected chi connectivity index (χ2v) is 12.8. The number of ether oxygens (including phenoxy) is 4. The van der Waals surface area contributed by atoms with Crippen LogP contribution in [0.2, 0.25) is 0 Å². The molecule has 3 aromatic rings. The largest absolute Gasteiger partial charge is 0.493 e. The molecule has 3 heterocycles. The number of carboxylic acid groups (broad SMARTS) is 1. The maximum atomic E-state index is 13.2. The average Bonchev–Trinajstić information content (AvgIpc) is 3.63. The van der Waals surface area contributed by atoms with Crippen LogP contribution in [0, 0.1) is 6.92 Å². The summed E-state index contributed by atoms with van der Waals surface area (Å²) in [4.78, 5) is 79.2. The smallest absolute Gasteiger partial charge is 0.347 e. The highest BCUT2D eigenvalue weighted by molar-refractivity contribution is 6.14. The molecule has 1 atom stereocenters. The number of aromatic nitrogens is 1. The van der Waals surface area contributed by atoms with Gasteiger partial charge in [-0.25, -0.2) is 14.4 Å². The van der Waals surface area contributed by atoms with Crippen LogP contribution in [0.15, 0.2) is 60.3 Å². The van der Waals surface area contributed by atoms with E-state index < -0.39 is 41.4 Å². The Morgan fingerprint density at radius 1 is 0.870 bits per heavy atom. The second-order valence-electron chi connectivity index (χ2n) is 12.8. The van der Waals surface area contributed by atoms with Crippen LogP contribution in [0.25, 0.3) is 16.6 Å². The van der Waals surface area contributed by atoms with E-state index in [1.807, 2.05) is 47.9 Å². The number of piperazine rings is 1. The minimum atomic E-state index is -1.55. The number of carbonyl (C=O) groups is 6. The van der Waals surface area contributed by atoms with Gasteiger partial charge in [-0.15, -0.1) is 0 Å². The van der Waals surface area contributed by atoms with Crippen LogP contribution in [-0.2, 0) is 33.4 Å². The quantitative estimate of drug-likeness (QED) is 0.0427. The number of carboxylic acids is 1. The molecule has 54 heavy (non-hydrogen) atoms. The van der Waals surface area contributed by atoms with E-state index in [1.54, 1.807) is 33.0 Å². The van der Waals surface area contributed by atoms with E-state index in [9.17, 15) is 33.9 Å². The number of imide groups is 1. The van der Waals surface area contributed by atoms with Gasteiger partial charge in [0.2, 0.25) is 0 Å². The van der Waals surface area contributed by atoms with E-state index in [0.29, 0.717) is 49.7 Å². The number of amides is 2. The van der Waals surface area contributed by atoms with Gasteiger partial charge in [-0.2, -0.15) is 0 Å². The van der Waals surface area contributed by atoms with Crippen LogP contribution in [0.5, 0.6) is 11.5 Å². The molecule has 5 rings (SSSR count). The first-order chi connectivity index (χ1) is 25.9. The molecule has 1 unspecified atom stereocenters. The molecular formula is C39H44N4O11. The van der Waals surface area contributed by atoms with Crippen molar-refractivity contribution in [3.8, 4) is 17.2 Å². The van der Waals surface area contributed by atoms with Crippen LogP contribution >= 0.6 is 0 Å². The van der Waals surface area contributed by atoms with Crippen LogP contribution < -0.4 is 14.4 Å². The Bertz CT molecular complexity index is 1990. The summed E-state index contributed by atoms with van der Waals surface area (Å²) in [5.41, 5.74) is 3.58. The van der Waals surface area contributed by atoms with Crippen LogP contribution in [0.4, 0.5) is 5.69 Å². The molecule has 1 aromatic heterocycles. The number of carbonyl (C=O) groups excluding carboxylic acids is 5. The van der Waals surface area contributed by atoms with E-state index in [1.165, 1.54) is 18.4 Å². The van der Waals surface area contributed by atoms with E-state index in [2.05, 4.69) is 4.90 Å². The summed E-state index contributed by atoms with van der Waals surface area (Å²) in [6.07, 6.45) is 2.61. The van der Waals surface area contributed by atoms with Gasteiger partial charge in [0.25, 0.3) is 11.8 Å². The number of nitrogens with zero attached hydrogens (tertiary/aromatic N) is 4. The number of unbranched alkanes of at least 4 members (excludes halogenated alkanes) is 1. The lowest BCUT2D eigenvalue weighted by molar-refractivity contribution is -0.163. The predicted molar refractivity (Wildman–Crippen MR) is 197 cm³/mol. The van der Waals surface area contributed by atoms with Gasteiger partial charge in [-0.1, -0.05) is 0 Å². The first-order valence-corrected chi connectivity index (χ1v) is 17.6. The molecule has 0 bridgehead atoms. The number of esters is 2. The number of hydrogen-bond donors (Lipinski definition) is 1. The topological polar surface area (TPSA) is 174 Å². The van der Waals surface area contributed by atoms with E-state index in [-0.39, 0.29) is 31.8 Å². The van der Waals surface area contributed by atoms with Crippen molar-refractivity contribution >= 4 is 52.1 Å². The maximum Gasteiger partial charge on any atom is 0.347 e. The Labute approximate surface area is 312 Å². The fourth-order valence-corrected chi connectivity index (χ4v) is 6.70. The molecule has 0 radical (unpaired) electrons. The Morgan fingerprint density at radius 2 is 1.48 bits per heavy atom. The number of fused-ring (bicyclic) bond motifs is 1. The minimum absolute atomic E-state index is 0.00544. The van der Waals surface area contributed by atoms with Crippen LogP contribution in [-0.4, -0.2) is 115 Å². The van der Waals surface area contributed by atoms with Gasteiger partial charge >= 0.3 is 17.9 Å². The van der Waals surface area contributed by atoms with E-state index in [0.717, 1.165) is 32.9 Å². The van der Waals surface area contributed by atoms with Crippen molar-refractivity contribution in [3.05, 3.63) is 71.6 Å². The second kappa shape index (κ2) is 17.1. The first kappa shape index (κ1) is 39.1. The molecule has 1 N–H and O–H groups in total. The summed E-state index contributed by atoms with van der Waals surface area (Å²) in [7, 11) is 3.12. The Balaban J connectivity index is 1.25. The molecule has 0 spiro atoms. The predicted octanol–water partition coefficient (Wildman–Crippen LogP) is 3.82. The standard InChI is InChI=1S/C39H44N4O11/c1-6-53-38(49)29(39(50)54-31(37(47)48)9-7-8-16-42-34(45)14-15-35(42)46)23-40-17-19-41(20-18-40)26-10-12-27(13-11-26)43-24(2)36(25(3)44)28-21-32(51-4)33(52-5)22-30(28)43/h10-15,21-23,31H,6-9,16-20H2,1-5H3,(H,47,48)/b29-23-. The minimum Gasteiger partial charge on any atom is -0.493 e. The molecule has 286 valence electrons. The summed E-state index contributed by atoms with van der Waals surface area (Å²) in [6, 6.07) is 11.6. The highest BCUT2D eigenvalue weighted by atomic mass is 16.6. The van der Waals surface area contributed by atoms with Crippen molar-refractivity contribution in [1.82, 2.24) is 14.4 Å². The Kier molecular flexibility index (Phi) is 12.4. The first-order valence-electron chi connectivity index (χ1n) is 17.6. The average molecular weight is 745 g/mol. The number of methoxy groups -OCH3 is 2. The SMILES string of the molecule is CCOC(=O)/C(=C/N1CCN(c2ccc(-n3c(C)c(C(C)=O)c4cc(OC)c(OC)cc43)cc2)CC1)C(=O)OC(CCCCN1C(=O)C=CC1=O)C(=O)O. The van der Waals surface area contributed by atoms with Crippen molar-refractivity contribution in [2.24, 2.45) is 0 Å². The third kappa shape index (κ3) is 8.40. The van der Waals surface area contributed by atoms with Crippen molar-refractivity contribution in [3.63, 3.8) is 0 Å². The molecule has 2 aromatic carbocycles. The number of hydrogen-bond acceptors (Lipinski definition) is 12. The molecule has 15 heteroatoms. The number of Topliss-reactive ketones (excluding diaryl/α,β-unsaturated/α-hetero) is 1. The number of aliphatic carboxylic acids is 1. The van der Waals surface area contributed by atoms with Gasteiger partial charge in [0.1, 0.15) is 0 Å². The zero-order chi connectivity index (χ0) is 39.1. The zero-order valence-corrected chi connectivity index (χ0v) is 31.0. The summed E-state index contributed by atoms with van der Waals surface area (Å²) in [5, 5.41) is 10.5. The number of benzene rings is 2. The van der Waals surface area contributed by atoms with Gasteiger partial charge in [0.15, 0.2) is 29.0 Å². The van der Waals surface area contributed by atoms with Crippen molar-refractivity contribution in [2.45, 2.75) is 46.1 Å². The fraction of sp³-hybridized carbons (Fsp3) is 0.385. The lowest BCUT2D eigenvalue weighted by Gasteiger charge is -2.36. The monoisotopic (exact) mass is 744 g/mol.